The molecule has 0 unspecified atom stereocenters. The van der Waals surface area contributed by atoms with Crippen molar-refractivity contribution >= 4 is 5.91 Å². The number of nitrogens with one attached hydrogen (secondary N) is 1. The second-order valence-electron chi connectivity index (χ2n) is 5.43. The molecule has 2 aliphatic heterocycles. The Kier molecular flexibility index (Phi) is 3.28. The predicted molar refractivity (Wildman–Crippen MR) is 72.1 cm³/mol. The summed E-state index contributed by atoms with van der Waals surface area (Å²) in [5.74, 6) is 0.106. The number of hydrogen-bond donors (Lipinski definition) is 1. The first kappa shape index (κ1) is 12.6. The fraction of sp³-hybridized carbons (Fsp3) is 0.692. The van der Waals surface area contributed by atoms with Crippen LogP contribution in [-0.4, -0.2) is 70.8 Å². The molecule has 104 valence electrons. The molecule has 3 rings (SSSR count). The average molecular weight is 263 g/mol. The molecule has 6 heteroatoms. The highest BCUT2D eigenvalue weighted by Crippen LogP contribution is 2.13. The average Bonchev–Trinajstić information content (AvgIpc) is 2.66. The van der Waals surface area contributed by atoms with Crippen molar-refractivity contribution in [3.63, 3.8) is 0 Å². The Bertz CT molecular complexity index is 471. The molecule has 1 amide bonds. The molecule has 6 nitrogen and oxygen atoms in total. The lowest BCUT2D eigenvalue weighted by Crippen LogP contribution is -2.62. The zero-order valence-corrected chi connectivity index (χ0v) is 11.6. The molecule has 2 fully saturated rings. The van der Waals surface area contributed by atoms with Gasteiger partial charge in [0.2, 0.25) is 0 Å². The van der Waals surface area contributed by atoms with Gasteiger partial charge in [-0.25, -0.2) is 0 Å². The van der Waals surface area contributed by atoms with Crippen LogP contribution < -0.4 is 5.32 Å². The fourth-order valence-corrected chi connectivity index (χ4v) is 2.79. The SMILES string of the molecule is Cc1cc(C(=O)N2CCN(C3CNC3)CC2)n(C)n1. The predicted octanol–water partition coefficient (Wildman–Crippen LogP) is -0.542. The Labute approximate surface area is 113 Å². The molecule has 0 saturated carbocycles. The topological polar surface area (TPSA) is 53.4 Å². The summed E-state index contributed by atoms with van der Waals surface area (Å²) in [4.78, 5) is 16.9. The minimum absolute atomic E-state index is 0.106. The molecule has 0 aliphatic carbocycles. The van der Waals surface area contributed by atoms with Crippen LogP contribution in [-0.2, 0) is 7.05 Å². The molecule has 3 heterocycles. The smallest absolute Gasteiger partial charge is 0.272 e. The van der Waals surface area contributed by atoms with E-state index in [-0.39, 0.29) is 5.91 Å². The van der Waals surface area contributed by atoms with Crippen LogP contribution in [0.2, 0.25) is 0 Å². The summed E-state index contributed by atoms with van der Waals surface area (Å²) in [5, 5.41) is 7.54. The summed E-state index contributed by atoms with van der Waals surface area (Å²) >= 11 is 0. The van der Waals surface area contributed by atoms with E-state index in [9.17, 15) is 4.79 Å². The minimum atomic E-state index is 0.106. The number of carbonyl (C=O) groups is 1. The van der Waals surface area contributed by atoms with E-state index in [0.29, 0.717) is 11.7 Å². The van der Waals surface area contributed by atoms with Crippen molar-refractivity contribution in [1.29, 1.82) is 0 Å². The highest BCUT2D eigenvalue weighted by atomic mass is 16.2. The van der Waals surface area contributed by atoms with Gasteiger partial charge < -0.3 is 10.2 Å². The van der Waals surface area contributed by atoms with Gasteiger partial charge in [-0.15, -0.1) is 0 Å². The van der Waals surface area contributed by atoms with Gasteiger partial charge in [0.05, 0.1) is 5.69 Å². The van der Waals surface area contributed by atoms with Gasteiger partial charge in [-0.2, -0.15) is 5.10 Å². The Morgan fingerprint density at radius 2 is 2.00 bits per heavy atom. The van der Waals surface area contributed by atoms with Crippen LogP contribution in [0.25, 0.3) is 0 Å². The number of aromatic nitrogens is 2. The number of hydrogen-bond acceptors (Lipinski definition) is 4. The maximum absolute atomic E-state index is 12.4. The normalized spacial score (nSPS) is 21.5. The van der Waals surface area contributed by atoms with Gasteiger partial charge in [0.1, 0.15) is 5.69 Å². The summed E-state index contributed by atoms with van der Waals surface area (Å²) in [6, 6.07) is 2.54. The van der Waals surface area contributed by atoms with E-state index in [0.717, 1.165) is 45.0 Å². The van der Waals surface area contributed by atoms with Gasteiger partial charge in [-0.05, 0) is 13.0 Å². The molecule has 0 spiro atoms. The molecule has 0 atom stereocenters. The third-order valence-electron chi connectivity index (χ3n) is 4.10. The monoisotopic (exact) mass is 263 g/mol. The Morgan fingerprint density at radius 1 is 1.32 bits per heavy atom. The van der Waals surface area contributed by atoms with Gasteiger partial charge in [0.25, 0.3) is 5.91 Å². The summed E-state index contributed by atoms with van der Waals surface area (Å²) in [6.45, 7) is 7.70. The zero-order valence-electron chi connectivity index (χ0n) is 11.6. The van der Waals surface area contributed by atoms with Gasteiger partial charge in [-0.1, -0.05) is 0 Å². The maximum atomic E-state index is 12.4. The van der Waals surface area contributed by atoms with Gasteiger partial charge in [-0.3, -0.25) is 14.4 Å². The first-order chi connectivity index (χ1) is 9.15. The molecular weight excluding hydrogens is 242 g/mol. The van der Waals surface area contributed by atoms with Crippen LogP contribution in [0, 0.1) is 6.92 Å². The van der Waals surface area contributed by atoms with E-state index in [1.807, 2.05) is 24.9 Å². The van der Waals surface area contributed by atoms with E-state index in [2.05, 4.69) is 15.3 Å². The quantitative estimate of drug-likeness (QED) is 0.778. The van der Waals surface area contributed by atoms with Crippen LogP contribution in [0.5, 0.6) is 0 Å². The lowest BCUT2D eigenvalue weighted by molar-refractivity contribution is 0.0493. The van der Waals surface area contributed by atoms with Crippen molar-refractivity contribution in [1.82, 2.24) is 24.9 Å². The summed E-state index contributed by atoms with van der Waals surface area (Å²) < 4.78 is 1.68. The minimum Gasteiger partial charge on any atom is -0.335 e. The number of piperazine rings is 1. The van der Waals surface area contributed by atoms with Crippen molar-refractivity contribution in [2.75, 3.05) is 39.3 Å². The molecule has 19 heavy (non-hydrogen) atoms. The summed E-state index contributed by atoms with van der Waals surface area (Å²) in [7, 11) is 1.83. The van der Waals surface area contributed by atoms with Crippen molar-refractivity contribution in [3.05, 3.63) is 17.5 Å². The standard InChI is InChI=1S/C13H21N5O/c1-10-7-12(16(2)15-10)13(19)18-5-3-17(4-6-18)11-8-14-9-11/h7,11,14H,3-6,8-9H2,1-2H3. The van der Waals surface area contributed by atoms with E-state index < -0.39 is 0 Å². The molecule has 0 aromatic carbocycles. The van der Waals surface area contributed by atoms with Gasteiger partial charge in [0, 0.05) is 52.4 Å². The molecule has 2 aliphatic rings. The lowest BCUT2D eigenvalue weighted by Gasteiger charge is -2.43. The van der Waals surface area contributed by atoms with Crippen LogP contribution in [0.15, 0.2) is 6.07 Å². The molecule has 0 bridgehead atoms. The van der Waals surface area contributed by atoms with Crippen LogP contribution in [0.1, 0.15) is 16.2 Å². The number of nitrogens with zero attached hydrogens (tertiary/aromatic N) is 4. The van der Waals surface area contributed by atoms with Crippen LogP contribution in [0.4, 0.5) is 0 Å². The maximum Gasteiger partial charge on any atom is 0.272 e. The largest absolute Gasteiger partial charge is 0.335 e. The third kappa shape index (κ3) is 2.37. The highest BCUT2D eigenvalue weighted by molar-refractivity contribution is 5.92. The first-order valence-electron chi connectivity index (χ1n) is 6.90. The number of rotatable bonds is 2. The zero-order chi connectivity index (χ0) is 13.4. The van der Waals surface area contributed by atoms with Gasteiger partial charge >= 0.3 is 0 Å². The van der Waals surface area contributed by atoms with E-state index in [4.69, 9.17) is 0 Å². The van der Waals surface area contributed by atoms with Crippen molar-refractivity contribution in [2.45, 2.75) is 13.0 Å². The molecule has 1 N–H and O–H groups in total. The molecule has 2 saturated heterocycles. The fourth-order valence-electron chi connectivity index (χ4n) is 2.79. The lowest BCUT2D eigenvalue weighted by atomic mass is 10.1. The van der Waals surface area contributed by atoms with E-state index in [1.165, 1.54) is 0 Å². The van der Waals surface area contributed by atoms with Crippen LogP contribution >= 0.6 is 0 Å². The van der Waals surface area contributed by atoms with Crippen molar-refractivity contribution < 1.29 is 4.79 Å². The van der Waals surface area contributed by atoms with Crippen molar-refractivity contribution in [2.24, 2.45) is 7.05 Å². The Hall–Kier alpha value is -1.40. The van der Waals surface area contributed by atoms with E-state index >= 15 is 0 Å². The molecule has 0 radical (unpaired) electrons. The Balaban J connectivity index is 1.61. The van der Waals surface area contributed by atoms with Crippen LogP contribution in [0.3, 0.4) is 0 Å². The second kappa shape index (κ2) is 4.94. The third-order valence-corrected chi connectivity index (χ3v) is 4.10. The second-order valence-corrected chi connectivity index (χ2v) is 5.43. The summed E-state index contributed by atoms with van der Waals surface area (Å²) in [5.41, 5.74) is 1.58. The van der Waals surface area contributed by atoms with Crippen molar-refractivity contribution in [3.8, 4) is 0 Å². The number of amides is 1. The Morgan fingerprint density at radius 3 is 2.47 bits per heavy atom. The van der Waals surface area contributed by atoms with Gasteiger partial charge in [0.15, 0.2) is 0 Å². The number of aryl methyl sites for hydroxylation is 2. The molecule has 1 aromatic rings. The van der Waals surface area contributed by atoms with E-state index in [1.54, 1.807) is 4.68 Å². The number of carbonyl (C=O) groups excluding carboxylic acids is 1. The molecule has 1 aromatic heterocycles. The summed E-state index contributed by atoms with van der Waals surface area (Å²) in [6.07, 6.45) is 0. The molecular formula is C13H21N5O. The highest BCUT2D eigenvalue weighted by Gasteiger charge is 2.30. The first-order valence-corrected chi connectivity index (χ1v) is 6.90.